The average molecular weight is 432 g/mol. The number of hydrogen-bond acceptors (Lipinski definition) is 5. The van der Waals surface area contributed by atoms with E-state index in [0.717, 1.165) is 33.0 Å². The minimum atomic E-state index is -0.547. The summed E-state index contributed by atoms with van der Waals surface area (Å²) in [5.74, 6) is -0.224. The van der Waals surface area contributed by atoms with Crippen LogP contribution in [0.3, 0.4) is 0 Å². The molecule has 1 aromatic heterocycles. The molecule has 1 fully saturated rings. The molecular weight excluding hydrogens is 410 g/mol. The van der Waals surface area contributed by atoms with E-state index in [9.17, 15) is 9.59 Å². The third-order valence-electron chi connectivity index (χ3n) is 5.48. The van der Waals surface area contributed by atoms with Crippen LogP contribution in [0, 0.1) is 0 Å². The fourth-order valence-electron chi connectivity index (χ4n) is 3.92. The summed E-state index contributed by atoms with van der Waals surface area (Å²) in [6, 6.07) is 21.2. The van der Waals surface area contributed by atoms with Gasteiger partial charge in [0.15, 0.2) is 5.13 Å². The highest BCUT2D eigenvalue weighted by molar-refractivity contribution is 7.22. The van der Waals surface area contributed by atoms with Crippen molar-refractivity contribution < 1.29 is 14.3 Å². The Bertz CT molecular complexity index is 1200. The van der Waals surface area contributed by atoms with Crippen LogP contribution in [-0.4, -0.2) is 34.5 Å². The molecule has 1 aliphatic rings. The van der Waals surface area contributed by atoms with Crippen molar-refractivity contribution in [2.75, 3.05) is 11.9 Å². The van der Waals surface area contributed by atoms with Gasteiger partial charge in [0, 0.05) is 6.54 Å². The Labute approximate surface area is 183 Å². The molecule has 3 aromatic carbocycles. The number of nitrogens with zero attached hydrogens (tertiary/aromatic N) is 2. The number of thiazole rings is 1. The molecule has 0 aliphatic carbocycles. The first-order valence-corrected chi connectivity index (χ1v) is 11.1. The number of carbonyl (C=O) groups excluding carboxylic acids is 2. The second-order valence-corrected chi connectivity index (χ2v) is 8.60. The van der Waals surface area contributed by atoms with E-state index in [0.29, 0.717) is 18.1 Å². The normalized spacial score (nSPS) is 16.0. The first-order valence-electron chi connectivity index (χ1n) is 10.2. The SMILES string of the molecule is O=C(Nc1nc2cc3ccccc3cc2s1)C1CCCN1C(=O)OCc1ccccc1. The second-order valence-electron chi connectivity index (χ2n) is 7.57. The standard InChI is InChI=1S/C24H21N3O3S/c28-22(20-11-6-12-27(20)24(29)30-15-16-7-2-1-3-8-16)26-23-25-19-13-17-9-4-5-10-18(17)14-21(19)31-23/h1-5,7-10,13-14,20H,6,11-12,15H2,(H,25,26,28). The number of aromatic nitrogens is 1. The molecule has 1 unspecified atom stereocenters. The van der Waals surface area contributed by atoms with E-state index in [1.54, 1.807) is 0 Å². The molecule has 1 atom stereocenters. The maximum absolute atomic E-state index is 12.9. The van der Waals surface area contributed by atoms with Crippen LogP contribution in [0.15, 0.2) is 66.7 Å². The minimum absolute atomic E-state index is 0.190. The molecule has 2 heterocycles. The van der Waals surface area contributed by atoms with Crippen LogP contribution < -0.4 is 5.32 Å². The number of amides is 2. The highest BCUT2D eigenvalue weighted by Crippen LogP contribution is 2.30. The predicted molar refractivity (Wildman–Crippen MR) is 122 cm³/mol. The highest BCUT2D eigenvalue weighted by atomic mass is 32.1. The predicted octanol–water partition coefficient (Wildman–Crippen LogP) is 5.19. The first kappa shape index (κ1) is 19.5. The van der Waals surface area contributed by atoms with E-state index in [4.69, 9.17) is 4.74 Å². The van der Waals surface area contributed by atoms with Gasteiger partial charge >= 0.3 is 6.09 Å². The van der Waals surface area contributed by atoms with Crippen LogP contribution in [0.1, 0.15) is 18.4 Å². The lowest BCUT2D eigenvalue weighted by atomic mass is 10.1. The molecule has 1 aliphatic heterocycles. The van der Waals surface area contributed by atoms with E-state index in [-0.39, 0.29) is 12.5 Å². The number of fused-ring (bicyclic) bond motifs is 2. The van der Waals surface area contributed by atoms with Crippen LogP contribution in [0.2, 0.25) is 0 Å². The molecule has 4 aromatic rings. The number of nitrogens with one attached hydrogen (secondary N) is 1. The van der Waals surface area contributed by atoms with Gasteiger partial charge in [0.25, 0.3) is 0 Å². The van der Waals surface area contributed by atoms with Crippen LogP contribution in [0.25, 0.3) is 21.0 Å². The molecule has 1 N–H and O–H groups in total. The molecule has 1 saturated heterocycles. The van der Waals surface area contributed by atoms with Gasteiger partial charge in [0.1, 0.15) is 12.6 Å². The first-order chi connectivity index (χ1) is 15.2. The van der Waals surface area contributed by atoms with Crippen molar-refractivity contribution in [3.63, 3.8) is 0 Å². The van der Waals surface area contributed by atoms with Crippen LogP contribution in [0.4, 0.5) is 9.93 Å². The zero-order chi connectivity index (χ0) is 21.2. The van der Waals surface area contributed by atoms with Crippen molar-refractivity contribution in [1.82, 2.24) is 9.88 Å². The van der Waals surface area contributed by atoms with Gasteiger partial charge in [-0.05, 0) is 41.3 Å². The quantitative estimate of drug-likeness (QED) is 0.483. The van der Waals surface area contributed by atoms with Gasteiger partial charge in [-0.3, -0.25) is 9.69 Å². The van der Waals surface area contributed by atoms with Gasteiger partial charge in [-0.15, -0.1) is 0 Å². The molecule has 2 amide bonds. The molecule has 156 valence electrons. The monoisotopic (exact) mass is 431 g/mol. The van der Waals surface area contributed by atoms with Crippen LogP contribution in [0.5, 0.6) is 0 Å². The van der Waals surface area contributed by atoms with Gasteiger partial charge in [-0.25, -0.2) is 9.78 Å². The average Bonchev–Trinajstić information content (AvgIpc) is 3.43. The fourth-order valence-corrected chi connectivity index (χ4v) is 4.81. The molecule has 7 heteroatoms. The number of anilines is 1. The summed E-state index contributed by atoms with van der Waals surface area (Å²) < 4.78 is 6.44. The number of rotatable bonds is 4. The van der Waals surface area contributed by atoms with Crippen molar-refractivity contribution in [2.24, 2.45) is 0 Å². The van der Waals surface area contributed by atoms with Gasteiger partial charge in [-0.2, -0.15) is 0 Å². The summed E-state index contributed by atoms with van der Waals surface area (Å²) in [5, 5.41) is 5.70. The lowest BCUT2D eigenvalue weighted by Gasteiger charge is -2.22. The molecule has 6 nitrogen and oxygen atoms in total. The summed E-state index contributed by atoms with van der Waals surface area (Å²) in [5.41, 5.74) is 1.77. The topological polar surface area (TPSA) is 71.5 Å². The van der Waals surface area contributed by atoms with Gasteiger partial charge < -0.3 is 10.1 Å². The molecular formula is C24H21N3O3S. The Kier molecular flexibility index (Phi) is 5.26. The van der Waals surface area contributed by atoms with E-state index >= 15 is 0 Å². The van der Waals surface area contributed by atoms with Crippen molar-refractivity contribution in [3.8, 4) is 0 Å². The molecule has 0 bridgehead atoms. The van der Waals surface area contributed by atoms with Crippen molar-refractivity contribution in [2.45, 2.75) is 25.5 Å². The lowest BCUT2D eigenvalue weighted by molar-refractivity contribution is -0.120. The Hall–Kier alpha value is -3.45. The Balaban J connectivity index is 1.27. The molecule has 31 heavy (non-hydrogen) atoms. The van der Waals surface area contributed by atoms with Gasteiger partial charge in [0.05, 0.1) is 10.2 Å². The molecule has 0 radical (unpaired) electrons. The maximum Gasteiger partial charge on any atom is 0.410 e. The van der Waals surface area contributed by atoms with E-state index in [2.05, 4.69) is 22.4 Å². The zero-order valence-electron chi connectivity index (χ0n) is 16.8. The molecule has 5 rings (SSSR count). The van der Waals surface area contributed by atoms with E-state index in [1.165, 1.54) is 16.2 Å². The summed E-state index contributed by atoms with van der Waals surface area (Å²) >= 11 is 1.44. The van der Waals surface area contributed by atoms with Crippen molar-refractivity contribution >= 4 is 49.5 Å². The highest BCUT2D eigenvalue weighted by Gasteiger charge is 2.35. The minimum Gasteiger partial charge on any atom is -0.445 e. The summed E-state index contributed by atoms with van der Waals surface area (Å²) in [6.07, 6.45) is 0.919. The number of ether oxygens (including phenoxy) is 1. The lowest BCUT2D eigenvalue weighted by Crippen LogP contribution is -2.43. The van der Waals surface area contributed by atoms with Crippen molar-refractivity contribution in [1.29, 1.82) is 0 Å². The number of hydrogen-bond donors (Lipinski definition) is 1. The number of likely N-dealkylation sites (tertiary alicyclic amines) is 1. The fraction of sp³-hybridized carbons (Fsp3) is 0.208. The number of benzene rings is 3. The molecule has 0 saturated carbocycles. The van der Waals surface area contributed by atoms with Gasteiger partial charge in [0.2, 0.25) is 5.91 Å². The second kappa shape index (κ2) is 8.35. The summed E-state index contributed by atoms with van der Waals surface area (Å²) in [6.45, 7) is 0.701. The smallest absolute Gasteiger partial charge is 0.410 e. The van der Waals surface area contributed by atoms with E-state index < -0.39 is 12.1 Å². The molecule has 0 spiro atoms. The van der Waals surface area contributed by atoms with Crippen LogP contribution >= 0.6 is 11.3 Å². The van der Waals surface area contributed by atoms with Crippen molar-refractivity contribution in [3.05, 3.63) is 72.3 Å². The van der Waals surface area contributed by atoms with Gasteiger partial charge in [-0.1, -0.05) is 65.9 Å². The van der Waals surface area contributed by atoms with Crippen LogP contribution in [-0.2, 0) is 16.1 Å². The largest absolute Gasteiger partial charge is 0.445 e. The summed E-state index contributed by atoms with van der Waals surface area (Å²) in [7, 11) is 0. The number of carbonyl (C=O) groups is 2. The Morgan fingerprint density at radius 2 is 1.81 bits per heavy atom. The third-order valence-corrected chi connectivity index (χ3v) is 6.41. The Morgan fingerprint density at radius 3 is 2.61 bits per heavy atom. The van der Waals surface area contributed by atoms with E-state index in [1.807, 2.05) is 54.6 Å². The Morgan fingerprint density at radius 1 is 1.06 bits per heavy atom. The summed E-state index contributed by atoms with van der Waals surface area (Å²) in [4.78, 5) is 31.6. The third kappa shape index (κ3) is 4.09. The zero-order valence-corrected chi connectivity index (χ0v) is 17.6. The maximum atomic E-state index is 12.9.